The van der Waals surface area contributed by atoms with E-state index in [9.17, 15) is 14.4 Å². The van der Waals surface area contributed by atoms with Crippen molar-refractivity contribution in [3.8, 4) is 22.9 Å². The molecule has 0 atom stereocenters. The number of nitrogens with zero attached hydrogens (tertiary/aromatic N) is 2. The van der Waals surface area contributed by atoms with Gasteiger partial charge >= 0.3 is 5.97 Å². The van der Waals surface area contributed by atoms with Crippen LogP contribution in [0.25, 0.3) is 11.4 Å². The third-order valence-corrected chi connectivity index (χ3v) is 6.87. The number of carbonyl (C=O) groups is 1. The second-order valence-corrected chi connectivity index (χ2v) is 9.42. The molecule has 0 aliphatic rings. The van der Waals surface area contributed by atoms with Gasteiger partial charge in [0.15, 0.2) is 11.5 Å². The molecule has 9 nitrogen and oxygen atoms in total. The Morgan fingerprint density at radius 3 is 1.73 bits per heavy atom. The maximum absolute atomic E-state index is 14.0. The number of aromatic amines is 2. The van der Waals surface area contributed by atoms with Crippen LogP contribution in [0.4, 0.5) is 0 Å². The summed E-state index contributed by atoms with van der Waals surface area (Å²) in [5, 5.41) is 6.37. The van der Waals surface area contributed by atoms with Gasteiger partial charge in [0, 0.05) is 23.7 Å². The Labute approximate surface area is 230 Å². The smallest absolute Gasteiger partial charge is 0.311 e. The number of methoxy groups -OCH3 is 1. The molecular weight excluding hydrogens is 508 g/mol. The van der Waals surface area contributed by atoms with Gasteiger partial charge in [0.25, 0.3) is 11.1 Å². The van der Waals surface area contributed by atoms with Crippen molar-refractivity contribution in [2.24, 2.45) is 0 Å². The molecule has 0 radical (unpaired) electrons. The van der Waals surface area contributed by atoms with Crippen LogP contribution in [0.1, 0.15) is 47.3 Å². The fourth-order valence-corrected chi connectivity index (χ4v) is 4.94. The molecule has 2 aromatic heterocycles. The molecule has 5 aromatic rings. The molecule has 9 heteroatoms. The van der Waals surface area contributed by atoms with Crippen molar-refractivity contribution in [3.63, 3.8) is 0 Å². The van der Waals surface area contributed by atoms with E-state index in [1.807, 2.05) is 74.5 Å². The van der Waals surface area contributed by atoms with Gasteiger partial charge < -0.3 is 9.47 Å². The number of para-hydroxylation sites is 2. The van der Waals surface area contributed by atoms with Crippen LogP contribution in [-0.2, 0) is 4.79 Å². The van der Waals surface area contributed by atoms with Gasteiger partial charge in [0.2, 0.25) is 0 Å². The number of hydrogen-bond donors (Lipinski definition) is 2. The zero-order chi connectivity index (χ0) is 28.4. The molecule has 5 rings (SSSR count). The Balaban J connectivity index is 1.76. The maximum Gasteiger partial charge on any atom is 0.311 e. The van der Waals surface area contributed by atoms with Crippen LogP contribution >= 0.6 is 0 Å². The molecule has 0 saturated carbocycles. The standard InChI is InChI=1S/C31H30N4O5/c1-5-26(36)40-24-17-16-21(18-25(24)39-4)29(27-19(2)32-34(30(27)37)22-12-8-6-9-13-22)28-20(3)33-35(31(28)38)23-14-10-7-11-15-23/h6-18,29,32-33H,5H2,1-4H3. The Bertz CT molecular complexity index is 1680. The zero-order valence-electron chi connectivity index (χ0n) is 22.7. The van der Waals surface area contributed by atoms with E-state index in [-0.39, 0.29) is 23.3 Å². The number of aromatic nitrogens is 4. The van der Waals surface area contributed by atoms with Crippen LogP contribution < -0.4 is 20.6 Å². The van der Waals surface area contributed by atoms with E-state index in [0.717, 1.165) is 0 Å². The van der Waals surface area contributed by atoms with Crippen LogP contribution in [0, 0.1) is 13.8 Å². The maximum atomic E-state index is 14.0. The summed E-state index contributed by atoms with van der Waals surface area (Å²) in [6.07, 6.45) is 0.205. The number of ether oxygens (including phenoxy) is 2. The molecule has 0 fully saturated rings. The fourth-order valence-electron chi connectivity index (χ4n) is 4.94. The second-order valence-electron chi connectivity index (χ2n) is 9.42. The quantitative estimate of drug-likeness (QED) is 0.219. The Morgan fingerprint density at radius 2 is 1.27 bits per heavy atom. The molecule has 2 heterocycles. The highest BCUT2D eigenvalue weighted by molar-refractivity contribution is 5.73. The summed E-state index contributed by atoms with van der Waals surface area (Å²) in [7, 11) is 1.48. The largest absolute Gasteiger partial charge is 0.493 e. The van der Waals surface area contributed by atoms with Crippen molar-refractivity contribution in [1.29, 1.82) is 0 Å². The Kier molecular flexibility index (Phi) is 7.29. The first-order valence-corrected chi connectivity index (χ1v) is 13.0. The molecule has 2 N–H and O–H groups in total. The number of benzene rings is 3. The van der Waals surface area contributed by atoms with E-state index in [0.29, 0.717) is 45.2 Å². The number of H-pyrrole nitrogens is 2. The monoisotopic (exact) mass is 538 g/mol. The lowest BCUT2D eigenvalue weighted by atomic mass is 9.85. The van der Waals surface area contributed by atoms with Crippen molar-refractivity contribution < 1.29 is 14.3 Å². The molecule has 3 aromatic carbocycles. The fraction of sp³-hybridized carbons (Fsp3) is 0.194. The molecule has 0 spiro atoms. The van der Waals surface area contributed by atoms with Crippen LogP contribution in [0.2, 0.25) is 0 Å². The van der Waals surface area contributed by atoms with Gasteiger partial charge in [0.05, 0.1) is 29.6 Å². The normalized spacial score (nSPS) is 11.1. The lowest BCUT2D eigenvalue weighted by Crippen LogP contribution is -2.25. The Hall–Kier alpha value is -5.05. The summed E-state index contributed by atoms with van der Waals surface area (Å²) in [6.45, 7) is 5.34. The Morgan fingerprint density at radius 1 is 0.775 bits per heavy atom. The minimum absolute atomic E-state index is 0.205. The van der Waals surface area contributed by atoms with Gasteiger partial charge in [-0.3, -0.25) is 24.6 Å². The minimum Gasteiger partial charge on any atom is -0.493 e. The number of nitrogens with one attached hydrogen (secondary N) is 2. The molecular formula is C31H30N4O5. The van der Waals surface area contributed by atoms with E-state index in [2.05, 4.69) is 10.2 Å². The summed E-state index contributed by atoms with van der Waals surface area (Å²) >= 11 is 0. The minimum atomic E-state index is -0.757. The van der Waals surface area contributed by atoms with E-state index >= 15 is 0 Å². The van der Waals surface area contributed by atoms with Crippen molar-refractivity contribution in [2.75, 3.05) is 7.11 Å². The van der Waals surface area contributed by atoms with Crippen LogP contribution in [-0.4, -0.2) is 32.6 Å². The van der Waals surface area contributed by atoms with E-state index in [4.69, 9.17) is 9.47 Å². The van der Waals surface area contributed by atoms with Crippen LogP contribution in [0.5, 0.6) is 11.5 Å². The number of rotatable bonds is 8. The number of aryl methyl sites for hydroxylation is 2. The van der Waals surface area contributed by atoms with Gasteiger partial charge in [-0.2, -0.15) is 0 Å². The highest BCUT2D eigenvalue weighted by Gasteiger charge is 2.31. The van der Waals surface area contributed by atoms with Crippen LogP contribution in [0.3, 0.4) is 0 Å². The number of esters is 1. The SMILES string of the molecule is CCC(=O)Oc1ccc(C(c2c(C)[nH]n(-c3ccccc3)c2=O)c2c(C)[nH]n(-c3ccccc3)c2=O)cc1OC. The summed E-state index contributed by atoms with van der Waals surface area (Å²) < 4.78 is 14.0. The van der Waals surface area contributed by atoms with E-state index in [1.165, 1.54) is 16.5 Å². The predicted octanol–water partition coefficient (Wildman–Crippen LogP) is 4.77. The van der Waals surface area contributed by atoms with Crippen LogP contribution in [0.15, 0.2) is 88.5 Å². The zero-order valence-corrected chi connectivity index (χ0v) is 22.7. The highest BCUT2D eigenvalue weighted by Crippen LogP contribution is 2.37. The summed E-state index contributed by atoms with van der Waals surface area (Å²) in [5.74, 6) is -0.580. The lowest BCUT2D eigenvalue weighted by Gasteiger charge is -2.18. The number of carbonyl (C=O) groups excluding carboxylic acids is 1. The molecule has 40 heavy (non-hydrogen) atoms. The van der Waals surface area contributed by atoms with Gasteiger partial charge in [-0.15, -0.1) is 0 Å². The first-order chi connectivity index (χ1) is 19.3. The number of hydrogen-bond acceptors (Lipinski definition) is 5. The van der Waals surface area contributed by atoms with Crippen molar-refractivity contribution in [1.82, 2.24) is 19.6 Å². The third-order valence-electron chi connectivity index (χ3n) is 6.87. The first-order valence-electron chi connectivity index (χ1n) is 13.0. The van der Waals surface area contributed by atoms with E-state index in [1.54, 1.807) is 25.1 Å². The first kappa shape index (κ1) is 26.6. The van der Waals surface area contributed by atoms with Gasteiger partial charge in [0.1, 0.15) is 0 Å². The molecule has 204 valence electrons. The summed E-state index contributed by atoms with van der Waals surface area (Å²) in [6, 6.07) is 23.6. The molecule has 0 aliphatic carbocycles. The van der Waals surface area contributed by atoms with Crippen molar-refractivity contribution in [2.45, 2.75) is 33.1 Å². The van der Waals surface area contributed by atoms with Crippen molar-refractivity contribution >= 4 is 5.97 Å². The van der Waals surface area contributed by atoms with Gasteiger partial charge in [-0.1, -0.05) is 49.4 Å². The highest BCUT2D eigenvalue weighted by atomic mass is 16.6. The van der Waals surface area contributed by atoms with Gasteiger partial charge in [-0.05, 0) is 55.8 Å². The second kappa shape index (κ2) is 11.0. The summed E-state index contributed by atoms with van der Waals surface area (Å²) in [5.41, 5.74) is 3.50. The van der Waals surface area contributed by atoms with Crippen molar-refractivity contribution in [3.05, 3.63) is 128 Å². The summed E-state index contributed by atoms with van der Waals surface area (Å²) in [4.78, 5) is 40.0. The lowest BCUT2D eigenvalue weighted by molar-refractivity contribution is -0.134. The molecule has 0 aliphatic heterocycles. The molecule has 0 bridgehead atoms. The topological polar surface area (TPSA) is 111 Å². The molecule has 0 amide bonds. The van der Waals surface area contributed by atoms with Gasteiger partial charge in [-0.25, -0.2) is 9.36 Å². The van der Waals surface area contributed by atoms with E-state index < -0.39 is 11.9 Å². The predicted molar refractivity (Wildman–Crippen MR) is 152 cm³/mol. The molecule has 0 saturated heterocycles. The third kappa shape index (κ3) is 4.77. The molecule has 0 unspecified atom stereocenters. The average molecular weight is 539 g/mol. The average Bonchev–Trinajstić information content (AvgIpc) is 3.44.